The standard InChI is InChI=1S/C16H24N2O2/c1-20-16(10-5-11-16)12-18-15(19)14(17)9-8-13-6-3-2-4-7-13/h2-4,6-7,14H,5,8-12,17H2,1H3,(H,18,19). The number of nitrogens with two attached hydrogens (primary N) is 1. The Morgan fingerprint density at radius 3 is 2.65 bits per heavy atom. The van der Waals surface area contributed by atoms with Crippen molar-refractivity contribution in [3.8, 4) is 0 Å². The Labute approximate surface area is 120 Å². The zero-order chi connectivity index (χ0) is 14.4. The number of carbonyl (C=O) groups is 1. The highest BCUT2D eigenvalue weighted by Gasteiger charge is 2.37. The van der Waals surface area contributed by atoms with Crippen molar-refractivity contribution >= 4 is 5.91 Å². The molecule has 1 saturated carbocycles. The largest absolute Gasteiger partial charge is 0.376 e. The second-order valence-corrected chi connectivity index (χ2v) is 5.59. The van der Waals surface area contributed by atoms with Crippen LogP contribution in [0.1, 0.15) is 31.2 Å². The summed E-state index contributed by atoms with van der Waals surface area (Å²) >= 11 is 0. The lowest BCUT2D eigenvalue weighted by atomic mass is 9.80. The lowest BCUT2D eigenvalue weighted by Gasteiger charge is -2.40. The van der Waals surface area contributed by atoms with Crippen molar-refractivity contribution < 1.29 is 9.53 Å². The quantitative estimate of drug-likeness (QED) is 0.795. The number of aryl methyl sites for hydroxylation is 1. The van der Waals surface area contributed by atoms with E-state index in [1.54, 1.807) is 7.11 Å². The van der Waals surface area contributed by atoms with Gasteiger partial charge in [-0.2, -0.15) is 0 Å². The second kappa shape index (κ2) is 6.86. The van der Waals surface area contributed by atoms with Gasteiger partial charge < -0.3 is 15.8 Å². The van der Waals surface area contributed by atoms with E-state index in [0.717, 1.165) is 19.3 Å². The van der Waals surface area contributed by atoms with Gasteiger partial charge in [0.25, 0.3) is 0 Å². The van der Waals surface area contributed by atoms with Crippen molar-refractivity contribution in [1.82, 2.24) is 5.32 Å². The van der Waals surface area contributed by atoms with Crippen LogP contribution in [0.25, 0.3) is 0 Å². The van der Waals surface area contributed by atoms with E-state index < -0.39 is 6.04 Å². The van der Waals surface area contributed by atoms with E-state index in [-0.39, 0.29) is 11.5 Å². The summed E-state index contributed by atoms with van der Waals surface area (Å²) in [5.74, 6) is -0.0794. The van der Waals surface area contributed by atoms with Gasteiger partial charge in [-0.3, -0.25) is 4.79 Å². The van der Waals surface area contributed by atoms with E-state index in [1.807, 2.05) is 18.2 Å². The molecule has 1 aliphatic rings. The number of benzene rings is 1. The van der Waals surface area contributed by atoms with Crippen LogP contribution in [0.2, 0.25) is 0 Å². The Bertz CT molecular complexity index is 424. The Kier molecular flexibility index (Phi) is 5.15. The number of amides is 1. The van der Waals surface area contributed by atoms with Crippen molar-refractivity contribution in [3.63, 3.8) is 0 Å². The Morgan fingerprint density at radius 1 is 1.40 bits per heavy atom. The molecule has 1 unspecified atom stereocenters. The smallest absolute Gasteiger partial charge is 0.237 e. The Hall–Kier alpha value is -1.39. The highest BCUT2D eigenvalue weighted by atomic mass is 16.5. The van der Waals surface area contributed by atoms with Gasteiger partial charge in [0.05, 0.1) is 11.6 Å². The maximum atomic E-state index is 12.0. The van der Waals surface area contributed by atoms with Gasteiger partial charge in [-0.15, -0.1) is 0 Å². The van der Waals surface area contributed by atoms with Gasteiger partial charge in [-0.25, -0.2) is 0 Å². The summed E-state index contributed by atoms with van der Waals surface area (Å²) in [6.07, 6.45) is 4.69. The van der Waals surface area contributed by atoms with Crippen molar-refractivity contribution in [1.29, 1.82) is 0 Å². The van der Waals surface area contributed by atoms with E-state index in [4.69, 9.17) is 10.5 Å². The molecule has 3 N–H and O–H groups in total. The molecule has 0 spiro atoms. The normalized spacial score (nSPS) is 18.1. The first-order valence-corrected chi connectivity index (χ1v) is 7.28. The first kappa shape index (κ1) is 15.0. The molecule has 0 aliphatic heterocycles. The lowest BCUT2D eigenvalue weighted by Crippen LogP contribution is -2.52. The van der Waals surface area contributed by atoms with Gasteiger partial charge in [0.15, 0.2) is 0 Å². The fraction of sp³-hybridized carbons (Fsp3) is 0.562. The third kappa shape index (κ3) is 3.81. The van der Waals surface area contributed by atoms with Crippen LogP contribution < -0.4 is 11.1 Å². The topological polar surface area (TPSA) is 64.3 Å². The highest BCUT2D eigenvalue weighted by Crippen LogP contribution is 2.34. The predicted molar refractivity (Wildman–Crippen MR) is 79.3 cm³/mol. The number of carbonyl (C=O) groups excluding carboxylic acids is 1. The summed E-state index contributed by atoms with van der Waals surface area (Å²) in [5.41, 5.74) is 7.01. The van der Waals surface area contributed by atoms with Crippen LogP contribution in [-0.2, 0) is 16.0 Å². The molecule has 110 valence electrons. The molecule has 1 aromatic carbocycles. The van der Waals surface area contributed by atoms with Crippen molar-refractivity contribution in [2.24, 2.45) is 5.73 Å². The third-order valence-corrected chi connectivity index (χ3v) is 4.21. The minimum absolute atomic E-state index is 0.0794. The Balaban J connectivity index is 1.72. The minimum atomic E-state index is -0.454. The molecule has 1 atom stereocenters. The molecule has 0 radical (unpaired) electrons. The molecule has 0 aromatic heterocycles. The molecule has 2 rings (SSSR count). The maximum Gasteiger partial charge on any atom is 0.237 e. The molecular formula is C16H24N2O2. The molecular weight excluding hydrogens is 252 g/mol. The van der Waals surface area contributed by atoms with Gasteiger partial charge in [0.1, 0.15) is 0 Å². The molecule has 0 heterocycles. The molecule has 4 nitrogen and oxygen atoms in total. The minimum Gasteiger partial charge on any atom is -0.376 e. The first-order chi connectivity index (χ1) is 9.65. The number of hydrogen-bond acceptors (Lipinski definition) is 3. The molecule has 1 amide bonds. The fourth-order valence-corrected chi connectivity index (χ4v) is 2.50. The average molecular weight is 276 g/mol. The maximum absolute atomic E-state index is 12.0. The van der Waals surface area contributed by atoms with E-state index in [9.17, 15) is 4.79 Å². The number of nitrogens with one attached hydrogen (secondary N) is 1. The summed E-state index contributed by atoms with van der Waals surface area (Å²) in [4.78, 5) is 12.0. The Morgan fingerprint density at radius 2 is 2.10 bits per heavy atom. The molecule has 1 aromatic rings. The number of rotatable bonds is 7. The van der Waals surface area contributed by atoms with Gasteiger partial charge in [0, 0.05) is 13.7 Å². The lowest BCUT2D eigenvalue weighted by molar-refractivity contribution is -0.126. The second-order valence-electron chi connectivity index (χ2n) is 5.59. The van der Waals surface area contributed by atoms with Crippen LogP contribution in [0.5, 0.6) is 0 Å². The number of ether oxygens (including phenoxy) is 1. The summed E-state index contributed by atoms with van der Waals surface area (Å²) in [7, 11) is 1.71. The molecule has 1 fully saturated rings. The van der Waals surface area contributed by atoms with Crippen LogP contribution in [0.3, 0.4) is 0 Å². The third-order valence-electron chi connectivity index (χ3n) is 4.21. The predicted octanol–water partition coefficient (Wildman–Crippen LogP) is 1.63. The molecule has 20 heavy (non-hydrogen) atoms. The monoisotopic (exact) mass is 276 g/mol. The summed E-state index contributed by atoms with van der Waals surface area (Å²) < 4.78 is 5.48. The molecule has 0 saturated heterocycles. The molecule has 4 heteroatoms. The van der Waals surface area contributed by atoms with E-state index in [0.29, 0.717) is 13.0 Å². The van der Waals surface area contributed by atoms with Gasteiger partial charge in [0.2, 0.25) is 5.91 Å². The van der Waals surface area contributed by atoms with Crippen LogP contribution in [0, 0.1) is 0 Å². The van der Waals surface area contributed by atoms with E-state index >= 15 is 0 Å². The average Bonchev–Trinajstić information content (AvgIpc) is 2.45. The molecule has 0 bridgehead atoms. The van der Waals surface area contributed by atoms with E-state index in [2.05, 4.69) is 17.4 Å². The summed E-state index contributed by atoms with van der Waals surface area (Å²) in [6.45, 7) is 0.571. The van der Waals surface area contributed by atoms with Crippen LogP contribution in [0.15, 0.2) is 30.3 Å². The SMILES string of the molecule is COC1(CNC(=O)C(N)CCc2ccccc2)CCC1. The van der Waals surface area contributed by atoms with Gasteiger partial charge in [-0.05, 0) is 37.7 Å². The van der Waals surface area contributed by atoms with Crippen LogP contribution in [0.4, 0.5) is 0 Å². The van der Waals surface area contributed by atoms with Crippen molar-refractivity contribution in [2.45, 2.75) is 43.7 Å². The zero-order valence-electron chi connectivity index (χ0n) is 12.1. The van der Waals surface area contributed by atoms with E-state index in [1.165, 1.54) is 12.0 Å². The van der Waals surface area contributed by atoms with Gasteiger partial charge >= 0.3 is 0 Å². The highest BCUT2D eigenvalue weighted by molar-refractivity contribution is 5.81. The van der Waals surface area contributed by atoms with Gasteiger partial charge in [-0.1, -0.05) is 30.3 Å². The van der Waals surface area contributed by atoms with Crippen LogP contribution >= 0.6 is 0 Å². The zero-order valence-corrected chi connectivity index (χ0v) is 12.1. The van der Waals surface area contributed by atoms with Crippen molar-refractivity contribution in [3.05, 3.63) is 35.9 Å². The fourth-order valence-electron chi connectivity index (χ4n) is 2.50. The van der Waals surface area contributed by atoms with Crippen LogP contribution in [-0.4, -0.2) is 31.2 Å². The number of methoxy groups -OCH3 is 1. The summed E-state index contributed by atoms with van der Waals surface area (Å²) in [5, 5.41) is 2.92. The molecule has 1 aliphatic carbocycles. The summed E-state index contributed by atoms with van der Waals surface area (Å²) in [6, 6.07) is 9.64. The first-order valence-electron chi connectivity index (χ1n) is 7.28. The number of hydrogen-bond donors (Lipinski definition) is 2. The van der Waals surface area contributed by atoms with Crippen molar-refractivity contribution in [2.75, 3.05) is 13.7 Å².